The highest BCUT2D eigenvalue weighted by Crippen LogP contribution is 2.45. The largest absolute Gasteiger partial charge is 0.480 e. The van der Waals surface area contributed by atoms with Gasteiger partial charge in [0.1, 0.15) is 24.0 Å². The minimum atomic E-state index is -0.916. The Labute approximate surface area is 223 Å². The number of benzene rings is 1. The molecule has 1 atom stereocenters. The van der Waals surface area contributed by atoms with Gasteiger partial charge in [-0.2, -0.15) is 5.26 Å². The van der Waals surface area contributed by atoms with Gasteiger partial charge < -0.3 is 20.6 Å². The summed E-state index contributed by atoms with van der Waals surface area (Å²) < 4.78 is 0. The molecule has 9 heteroatoms. The van der Waals surface area contributed by atoms with Gasteiger partial charge in [-0.15, -0.1) is 0 Å². The van der Waals surface area contributed by atoms with Crippen LogP contribution < -0.4 is 10.6 Å². The van der Waals surface area contributed by atoms with E-state index in [1.54, 1.807) is 0 Å². The molecule has 1 unspecified atom stereocenters. The minimum Gasteiger partial charge on any atom is -0.480 e. The van der Waals surface area contributed by atoms with Crippen molar-refractivity contribution in [3.63, 3.8) is 0 Å². The van der Waals surface area contributed by atoms with Crippen molar-refractivity contribution in [1.82, 2.24) is 19.9 Å². The van der Waals surface area contributed by atoms with Gasteiger partial charge in [-0.25, -0.2) is 19.7 Å². The molecule has 3 heterocycles. The zero-order valence-electron chi connectivity index (χ0n) is 21.7. The summed E-state index contributed by atoms with van der Waals surface area (Å²) in [5, 5.41) is 26.9. The van der Waals surface area contributed by atoms with Crippen LogP contribution in [0.5, 0.6) is 0 Å². The fourth-order valence-electron chi connectivity index (χ4n) is 5.16. The van der Waals surface area contributed by atoms with Crippen molar-refractivity contribution in [2.24, 2.45) is 5.41 Å². The third-order valence-corrected chi connectivity index (χ3v) is 7.61. The number of fused-ring (bicyclic) bond motifs is 2. The summed E-state index contributed by atoms with van der Waals surface area (Å²) in [6, 6.07) is 13.6. The Balaban J connectivity index is 1.18. The summed E-state index contributed by atoms with van der Waals surface area (Å²) in [4.78, 5) is 27.8. The molecule has 1 aromatic carbocycles. The quantitative estimate of drug-likeness (QED) is 0.287. The predicted molar refractivity (Wildman–Crippen MR) is 147 cm³/mol. The average molecular weight is 514 g/mol. The number of nitrogens with one attached hydrogen (secondary N) is 2. The third kappa shape index (κ3) is 6.37. The van der Waals surface area contributed by atoms with Crippen LogP contribution >= 0.6 is 0 Å². The lowest BCUT2D eigenvalue weighted by Crippen LogP contribution is -2.38. The first-order valence-electron chi connectivity index (χ1n) is 13.6. The minimum absolute atomic E-state index is 0.277. The zero-order valence-corrected chi connectivity index (χ0v) is 21.7. The first-order chi connectivity index (χ1) is 18.5. The zero-order chi connectivity index (χ0) is 26.4. The highest BCUT2D eigenvalue weighted by molar-refractivity contribution is 5.90. The van der Waals surface area contributed by atoms with Gasteiger partial charge in [0.05, 0.1) is 17.0 Å². The number of nitrogens with zero attached hydrogens (tertiary/aromatic N) is 5. The second kappa shape index (κ2) is 11.7. The van der Waals surface area contributed by atoms with Crippen LogP contribution in [0, 0.1) is 16.7 Å². The summed E-state index contributed by atoms with van der Waals surface area (Å²) in [6.07, 6.45) is 8.81. The molecular formula is C29H35N7O2. The van der Waals surface area contributed by atoms with E-state index in [0.29, 0.717) is 25.3 Å². The number of rotatable bonds is 13. The van der Waals surface area contributed by atoms with Gasteiger partial charge in [0.15, 0.2) is 0 Å². The van der Waals surface area contributed by atoms with E-state index in [4.69, 9.17) is 4.98 Å². The standard InChI is InChI=1S/C29H35N7O2/c30-18-29(13-14-29)19-36(16-4-3-7-22-11-10-21-6-5-15-31-26(21)34-22)17-12-25(28(37)38)35-27-23-8-1-2-9-24(23)32-20-33-27/h1-2,8-11,20,25H,3-7,12-17,19H2,(H,31,34)(H,37,38)(H,32,33,35). The number of aromatic nitrogens is 3. The lowest BCUT2D eigenvalue weighted by atomic mass is 10.1. The number of hydrogen-bond acceptors (Lipinski definition) is 8. The maximum Gasteiger partial charge on any atom is 0.326 e. The maximum absolute atomic E-state index is 12.1. The molecule has 2 aliphatic rings. The van der Waals surface area contributed by atoms with Crippen molar-refractivity contribution in [1.29, 1.82) is 5.26 Å². The molecule has 1 aliphatic heterocycles. The second-order valence-electron chi connectivity index (χ2n) is 10.5. The van der Waals surface area contributed by atoms with Gasteiger partial charge in [0.25, 0.3) is 0 Å². The Kier molecular flexibility index (Phi) is 7.99. The smallest absolute Gasteiger partial charge is 0.326 e. The van der Waals surface area contributed by atoms with Crippen LogP contribution in [0.2, 0.25) is 0 Å². The second-order valence-corrected chi connectivity index (χ2v) is 10.5. The fourth-order valence-corrected chi connectivity index (χ4v) is 5.16. The van der Waals surface area contributed by atoms with Crippen molar-refractivity contribution >= 4 is 28.5 Å². The van der Waals surface area contributed by atoms with Crippen LogP contribution in [-0.4, -0.2) is 63.1 Å². The Morgan fingerprint density at radius 1 is 1.18 bits per heavy atom. The Morgan fingerprint density at radius 3 is 2.87 bits per heavy atom. The van der Waals surface area contributed by atoms with Crippen LogP contribution in [-0.2, 0) is 17.6 Å². The SMILES string of the molecule is N#CC1(CN(CCCCc2ccc3c(n2)NCCC3)CCC(Nc2ncnc3ccccc23)C(=O)O)CC1. The van der Waals surface area contributed by atoms with Gasteiger partial charge in [0.2, 0.25) is 0 Å². The molecule has 9 nitrogen and oxygen atoms in total. The van der Waals surface area contributed by atoms with Crippen LogP contribution in [0.1, 0.15) is 49.8 Å². The summed E-state index contributed by atoms with van der Waals surface area (Å²) in [5.41, 5.74) is 2.90. The molecule has 5 rings (SSSR count). The number of anilines is 2. The Morgan fingerprint density at radius 2 is 2.05 bits per heavy atom. The molecule has 2 aromatic heterocycles. The van der Waals surface area contributed by atoms with Gasteiger partial charge in [0, 0.05) is 30.7 Å². The first-order valence-corrected chi connectivity index (χ1v) is 13.6. The first kappa shape index (κ1) is 25.9. The van der Waals surface area contributed by atoms with E-state index < -0.39 is 12.0 Å². The molecular weight excluding hydrogens is 478 g/mol. The number of carboxylic acids is 1. The van der Waals surface area contributed by atoms with E-state index in [1.165, 1.54) is 11.9 Å². The normalized spacial score (nSPS) is 16.3. The molecule has 1 aliphatic carbocycles. The predicted octanol–water partition coefficient (Wildman–Crippen LogP) is 4.27. The van der Waals surface area contributed by atoms with E-state index in [2.05, 4.69) is 43.7 Å². The monoisotopic (exact) mass is 513 g/mol. The van der Waals surface area contributed by atoms with Crippen LogP contribution in [0.15, 0.2) is 42.7 Å². The molecule has 3 aromatic rings. The summed E-state index contributed by atoms with van der Waals surface area (Å²) in [5.74, 6) is 0.641. The Hall–Kier alpha value is -3.77. The van der Waals surface area contributed by atoms with Crippen LogP contribution in [0.4, 0.5) is 11.6 Å². The van der Waals surface area contributed by atoms with Crippen molar-refractivity contribution in [2.75, 3.05) is 36.8 Å². The van der Waals surface area contributed by atoms with Crippen LogP contribution in [0.3, 0.4) is 0 Å². The Bertz CT molecular complexity index is 1310. The lowest BCUT2D eigenvalue weighted by Gasteiger charge is -2.26. The number of hydrogen-bond donors (Lipinski definition) is 3. The van der Waals surface area contributed by atoms with Crippen molar-refractivity contribution in [3.05, 3.63) is 54.0 Å². The van der Waals surface area contributed by atoms with Gasteiger partial charge in [-0.05, 0) is 81.7 Å². The van der Waals surface area contributed by atoms with Gasteiger partial charge in [-0.3, -0.25) is 0 Å². The molecule has 0 spiro atoms. The number of aliphatic carboxylic acids is 1. The van der Waals surface area contributed by atoms with Gasteiger partial charge in [-0.1, -0.05) is 18.2 Å². The molecule has 0 amide bonds. The van der Waals surface area contributed by atoms with Crippen molar-refractivity contribution in [3.8, 4) is 6.07 Å². The third-order valence-electron chi connectivity index (χ3n) is 7.61. The molecule has 0 radical (unpaired) electrons. The summed E-state index contributed by atoms with van der Waals surface area (Å²) in [6.45, 7) is 3.10. The number of carboxylic acid groups (broad SMARTS) is 1. The average Bonchev–Trinajstić information content (AvgIpc) is 3.72. The van der Waals surface area contributed by atoms with Gasteiger partial charge >= 0.3 is 5.97 Å². The number of unbranched alkanes of at least 4 members (excludes halogenated alkanes) is 1. The number of aryl methyl sites for hydroxylation is 2. The molecule has 1 saturated carbocycles. The number of pyridine rings is 1. The van der Waals surface area contributed by atoms with E-state index in [-0.39, 0.29) is 5.41 Å². The number of carbonyl (C=O) groups is 1. The number of para-hydroxylation sites is 1. The van der Waals surface area contributed by atoms with E-state index in [9.17, 15) is 15.2 Å². The van der Waals surface area contributed by atoms with Crippen molar-refractivity contribution in [2.45, 2.75) is 57.4 Å². The van der Waals surface area contributed by atoms with Crippen LogP contribution in [0.25, 0.3) is 10.9 Å². The fraction of sp³-hybridized carbons (Fsp3) is 0.483. The molecule has 0 bridgehead atoms. The highest BCUT2D eigenvalue weighted by atomic mass is 16.4. The van der Waals surface area contributed by atoms with E-state index >= 15 is 0 Å². The molecule has 198 valence electrons. The molecule has 0 saturated heterocycles. The number of nitriles is 1. The van der Waals surface area contributed by atoms with E-state index in [0.717, 1.165) is 80.4 Å². The molecule has 38 heavy (non-hydrogen) atoms. The summed E-state index contributed by atoms with van der Waals surface area (Å²) in [7, 11) is 0. The highest BCUT2D eigenvalue weighted by Gasteiger charge is 2.44. The molecule has 1 fully saturated rings. The lowest BCUT2D eigenvalue weighted by molar-refractivity contribution is -0.138. The summed E-state index contributed by atoms with van der Waals surface area (Å²) >= 11 is 0. The maximum atomic E-state index is 12.1. The van der Waals surface area contributed by atoms with E-state index in [1.807, 2.05) is 24.3 Å². The topological polar surface area (TPSA) is 127 Å². The molecule has 3 N–H and O–H groups in total. The van der Waals surface area contributed by atoms with Crippen molar-refractivity contribution < 1.29 is 9.90 Å².